The topological polar surface area (TPSA) is 37.5 Å². The predicted molar refractivity (Wildman–Crippen MR) is 92.7 cm³/mol. The van der Waals surface area contributed by atoms with E-state index in [1.54, 1.807) is 6.07 Å². The molecule has 0 amide bonds. The molecule has 1 aromatic heterocycles. The van der Waals surface area contributed by atoms with Gasteiger partial charge in [0, 0.05) is 5.39 Å². The maximum absolute atomic E-state index is 14.2. The van der Waals surface area contributed by atoms with E-state index in [1.165, 1.54) is 6.07 Å². The number of aliphatic hydroxyl groups excluding tert-OH is 1. The first-order valence-electron chi connectivity index (χ1n) is 8.02. The summed E-state index contributed by atoms with van der Waals surface area (Å²) in [6, 6.07) is 6.86. The van der Waals surface area contributed by atoms with Crippen molar-refractivity contribution in [3.63, 3.8) is 0 Å². The van der Waals surface area contributed by atoms with Crippen LogP contribution in [0.5, 0.6) is 0 Å². The summed E-state index contributed by atoms with van der Waals surface area (Å²) in [6.45, 7) is 8.17. The average Bonchev–Trinajstić information content (AvgIpc) is 2.88. The summed E-state index contributed by atoms with van der Waals surface area (Å²) in [6.07, 6.45) is 2.75. The van der Waals surface area contributed by atoms with Crippen LogP contribution >= 0.6 is 0 Å². The fourth-order valence-corrected chi connectivity index (χ4v) is 3.26. The second kappa shape index (κ2) is 5.60. The highest BCUT2D eigenvalue weighted by Gasteiger charge is 2.30. The Labute approximate surface area is 136 Å². The van der Waals surface area contributed by atoms with Gasteiger partial charge < -0.3 is 9.67 Å². The number of nitrogens with zero attached hydrogens (tertiary/aromatic N) is 2. The summed E-state index contributed by atoms with van der Waals surface area (Å²) in [5, 5.41) is 10.4. The van der Waals surface area contributed by atoms with E-state index >= 15 is 0 Å². The number of aromatic nitrogens is 1. The first-order valence-corrected chi connectivity index (χ1v) is 8.02. The number of hydrogen-bond acceptors (Lipinski definition) is 2. The first kappa shape index (κ1) is 15.9. The van der Waals surface area contributed by atoms with E-state index in [0.29, 0.717) is 11.8 Å². The zero-order chi connectivity index (χ0) is 16.8. The van der Waals surface area contributed by atoms with E-state index in [1.807, 2.05) is 29.7 Å². The molecular formula is C19H23FN2O. The molecule has 0 saturated heterocycles. The van der Waals surface area contributed by atoms with E-state index in [4.69, 9.17) is 4.99 Å². The molecule has 2 aromatic rings. The first-order chi connectivity index (χ1) is 10.9. The molecular weight excluding hydrogens is 291 g/mol. The van der Waals surface area contributed by atoms with Gasteiger partial charge in [-0.05, 0) is 57.9 Å². The Morgan fingerprint density at radius 3 is 2.74 bits per heavy atom. The number of halogens is 1. The van der Waals surface area contributed by atoms with Gasteiger partial charge in [0.1, 0.15) is 5.82 Å². The van der Waals surface area contributed by atoms with Crippen molar-refractivity contribution in [1.29, 1.82) is 0 Å². The monoisotopic (exact) mass is 314 g/mol. The van der Waals surface area contributed by atoms with Crippen LogP contribution in [0.1, 0.15) is 45.9 Å². The highest BCUT2D eigenvalue weighted by molar-refractivity contribution is 6.15. The molecule has 0 spiro atoms. The summed E-state index contributed by atoms with van der Waals surface area (Å²) < 4.78 is 16.3. The molecule has 4 heteroatoms. The highest BCUT2D eigenvalue weighted by Crippen LogP contribution is 2.36. The van der Waals surface area contributed by atoms with Crippen molar-refractivity contribution in [2.75, 3.05) is 6.61 Å². The molecule has 0 fully saturated rings. The minimum atomic E-state index is -0.238. The molecule has 0 aliphatic carbocycles. The molecule has 2 heterocycles. The lowest BCUT2D eigenvalue weighted by Gasteiger charge is -2.30. The second-order valence-electron chi connectivity index (χ2n) is 7.06. The van der Waals surface area contributed by atoms with Crippen molar-refractivity contribution in [2.45, 2.75) is 45.7 Å². The Balaban J connectivity index is 2.36. The van der Waals surface area contributed by atoms with Crippen molar-refractivity contribution >= 4 is 16.6 Å². The SMILES string of the molecule is C/C=C1/CC(CO)n2c(cc3c(F)cccc32)C1=NC(C)(C)C. The number of aliphatic hydroxyl groups is 1. The largest absolute Gasteiger partial charge is 0.394 e. The van der Waals surface area contributed by atoms with Gasteiger partial charge in [-0.1, -0.05) is 12.1 Å². The van der Waals surface area contributed by atoms with Crippen molar-refractivity contribution in [3.8, 4) is 0 Å². The van der Waals surface area contributed by atoms with Crippen LogP contribution in [0.15, 0.2) is 40.9 Å². The van der Waals surface area contributed by atoms with Crippen LogP contribution in [-0.4, -0.2) is 27.5 Å². The third-order valence-electron chi connectivity index (χ3n) is 4.20. The predicted octanol–water partition coefficient (Wildman–Crippen LogP) is 4.25. The van der Waals surface area contributed by atoms with Crippen LogP contribution in [-0.2, 0) is 0 Å². The zero-order valence-electron chi connectivity index (χ0n) is 14.1. The molecule has 3 rings (SSSR count). The zero-order valence-corrected chi connectivity index (χ0v) is 14.1. The van der Waals surface area contributed by atoms with E-state index in [2.05, 4.69) is 20.8 Å². The number of hydrogen-bond donors (Lipinski definition) is 1. The van der Waals surface area contributed by atoms with Gasteiger partial charge in [0.15, 0.2) is 0 Å². The molecule has 0 saturated carbocycles. The molecule has 1 aromatic carbocycles. The van der Waals surface area contributed by atoms with E-state index in [0.717, 1.165) is 22.5 Å². The lowest BCUT2D eigenvalue weighted by Crippen LogP contribution is -2.29. The van der Waals surface area contributed by atoms with Crippen molar-refractivity contribution < 1.29 is 9.50 Å². The number of aliphatic imine (C=N–C) groups is 1. The van der Waals surface area contributed by atoms with Crippen LogP contribution in [0.25, 0.3) is 10.9 Å². The molecule has 23 heavy (non-hydrogen) atoms. The van der Waals surface area contributed by atoms with Crippen LogP contribution in [0.3, 0.4) is 0 Å². The number of fused-ring (bicyclic) bond motifs is 3. The van der Waals surface area contributed by atoms with Gasteiger partial charge in [0.2, 0.25) is 0 Å². The summed E-state index contributed by atoms with van der Waals surface area (Å²) in [4.78, 5) is 4.88. The molecule has 1 N–H and O–H groups in total. The van der Waals surface area contributed by atoms with Crippen LogP contribution in [0.4, 0.5) is 4.39 Å². The second-order valence-corrected chi connectivity index (χ2v) is 7.06. The van der Waals surface area contributed by atoms with E-state index in [9.17, 15) is 9.50 Å². The molecule has 0 bridgehead atoms. The lowest BCUT2D eigenvalue weighted by molar-refractivity contribution is 0.228. The maximum atomic E-state index is 14.2. The third kappa shape index (κ3) is 2.72. The van der Waals surface area contributed by atoms with Gasteiger partial charge in [-0.2, -0.15) is 0 Å². The summed E-state index contributed by atoms with van der Waals surface area (Å²) in [7, 11) is 0. The summed E-state index contributed by atoms with van der Waals surface area (Å²) in [5.74, 6) is -0.238. The van der Waals surface area contributed by atoms with E-state index in [-0.39, 0.29) is 24.0 Å². The Hall–Kier alpha value is -1.94. The van der Waals surface area contributed by atoms with Crippen molar-refractivity contribution in [2.24, 2.45) is 4.99 Å². The van der Waals surface area contributed by atoms with Crippen LogP contribution in [0.2, 0.25) is 0 Å². The molecule has 122 valence electrons. The van der Waals surface area contributed by atoms with Gasteiger partial charge in [0.25, 0.3) is 0 Å². The molecule has 1 aliphatic rings. The molecule has 0 radical (unpaired) electrons. The lowest BCUT2D eigenvalue weighted by atomic mass is 9.94. The normalized spacial score (nSPS) is 22.1. The van der Waals surface area contributed by atoms with Gasteiger partial charge in [0.05, 0.1) is 35.1 Å². The summed E-state index contributed by atoms with van der Waals surface area (Å²) in [5.41, 5.74) is 3.49. The Morgan fingerprint density at radius 2 is 2.13 bits per heavy atom. The molecule has 3 nitrogen and oxygen atoms in total. The quantitative estimate of drug-likeness (QED) is 0.839. The van der Waals surface area contributed by atoms with Gasteiger partial charge >= 0.3 is 0 Å². The minimum Gasteiger partial charge on any atom is -0.394 e. The molecule has 1 atom stereocenters. The number of rotatable bonds is 1. The summed E-state index contributed by atoms with van der Waals surface area (Å²) >= 11 is 0. The Morgan fingerprint density at radius 1 is 1.39 bits per heavy atom. The van der Waals surface area contributed by atoms with Crippen molar-refractivity contribution in [1.82, 2.24) is 4.57 Å². The fraction of sp³-hybridized carbons (Fsp3) is 0.421. The van der Waals surface area contributed by atoms with Gasteiger partial charge in [-0.25, -0.2) is 4.39 Å². The van der Waals surface area contributed by atoms with Gasteiger partial charge in [-0.15, -0.1) is 0 Å². The molecule has 1 aliphatic heterocycles. The van der Waals surface area contributed by atoms with Crippen molar-refractivity contribution in [3.05, 3.63) is 47.4 Å². The highest BCUT2D eigenvalue weighted by atomic mass is 19.1. The number of benzene rings is 1. The Kier molecular flexibility index (Phi) is 3.88. The van der Waals surface area contributed by atoms with Crippen LogP contribution in [0, 0.1) is 5.82 Å². The Bertz CT molecular complexity index is 809. The standard InChI is InChI=1S/C19H23FN2O/c1-5-12-9-13(11-23)22-16-8-6-7-15(20)14(16)10-17(22)18(12)21-19(2,3)4/h5-8,10,13,23H,9,11H2,1-4H3/b12-5-,21-18?. The van der Waals surface area contributed by atoms with E-state index < -0.39 is 0 Å². The van der Waals surface area contributed by atoms with Crippen LogP contribution < -0.4 is 0 Å². The fourth-order valence-electron chi connectivity index (χ4n) is 3.26. The third-order valence-corrected chi connectivity index (χ3v) is 4.20. The van der Waals surface area contributed by atoms with Gasteiger partial charge in [-0.3, -0.25) is 4.99 Å². The smallest absolute Gasteiger partial charge is 0.132 e. The minimum absolute atomic E-state index is 0.0213. The molecule has 1 unspecified atom stereocenters. The number of allylic oxidation sites excluding steroid dienone is 2. The maximum Gasteiger partial charge on any atom is 0.132 e. The average molecular weight is 314 g/mol.